The van der Waals surface area contributed by atoms with E-state index in [0.717, 1.165) is 16.7 Å². The second-order valence-electron chi connectivity index (χ2n) is 7.48. The van der Waals surface area contributed by atoms with Crippen molar-refractivity contribution in [2.24, 2.45) is 0 Å². The summed E-state index contributed by atoms with van der Waals surface area (Å²) in [5.41, 5.74) is 13.7. The quantitative estimate of drug-likeness (QED) is 0.611. The number of aryl methyl sites for hydroxylation is 3. The third-order valence-electron chi connectivity index (χ3n) is 3.94. The fraction of sp³-hybridized carbons (Fsp3) is 0.350. The van der Waals surface area contributed by atoms with Gasteiger partial charge < -0.3 is 5.73 Å². The Kier molecular flexibility index (Phi) is 5.33. The first-order valence-corrected chi connectivity index (χ1v) is 8.62. The number of nitrogens with two attached hydrogens (primary N) is 1. The molecule has 0 radical (unpaired) electrons. The van der Waals surface area contributed by atoms with Crippen LogP contribution in [0, 0.1) is 20.8 Å². The molecule has 2 rings (SSSR count). The largest absolute Gasteiger partial charge is 0.397 e. The summed E-state index contributed by atoms with van der Waals surface area (Å²) in [6, 6.07) is 9.37. The second-order valence-corrected chi connectivity index (χ2v) is 7.92. The molecule has 0 saturated carbocycles. The van der Waals surface area contributed by atoms with Crippen molar-refractivity contribution < 1.29 is 4.79 Å². The molecule has 0 fully saturated rings. The Bertz CT molecular complexity index is 789. The van der Waals surface area contributed by atoms with Gasteiger partial charge in [-0.1, -0.05) is 28.8 Å². The molecule has 25 heavy (non-hydrogen) atoms. The standard InChI is InChI=1S/C20H26ClN3O/c1-12-7-13(2)9-15(8-12)19(25)23-24(20(4,5)6)17-11-16(21)10-14(3)18(17)22/h7-11H,22H2,1-6H3,(H,23,25). The number of rotatable bonds is 3. The number of nitrogens with zero attached hydrogens (tertiary/aromatic N) is 1. The van der Waals surface area contributed by atoms with Crippen LogP contribution >= 0.6 is 11.6 Å². The number of hydrogen-bond acceptors (Lipinski definition) is 3. The molecule has 0 unspecified atom stereocenters. The molecule has 0 bridgehead atoms. The Hall–Kier alpha value is -2.20. The Balaban J connectivity index is 2.45. The molecule has 134 valence electrons. The predicted molar refractivity (Wildman–Crippen MR) is 106 cm³/mol. The van der Waals surface area contributed by atoms with E-state index in [2.05, 4.69) is 5.43 Å². The number of halogens is 1. The molecule has 0 saturated heterocycles. The molecule has 0 aliphatic rings. The molecule has 0 aliphatic carbocycles. The van der Waals surface area contributed by atoms with E-state index >= 15 is 0 Å². The van der Waals surface area contributed by atoms with E-state index in [0.29, 0.717) is 22.0 Å². The molecule has 0 aliphatic heterocycles. The van der Waals surface area contributed by atoms with Crippen molar-refractivity contribution in [3.63, 3.8) is 0 Å². The normalized spacial score (nSPS) is 11.3. The average Bonchev–Trinajstić information content (AvgIpc) is 2.46. The van der Waals surface area contributed by atoms with Gasteiger partial charge in [0.15, 0.2) is 0 Å². The van der Waals surface area contributed by atoms with Crippen molar-refractivity contribution in [1.82, 2.24) is 5.43 Å². The molecule has 3 N–H and O–H groups in total. The molecule has 4 nitrogen and oxygen atoms in total. The summed E-state index contributed by atoms with van der Waals surface area (Å²) in [6.45, 7) is 11.9. The molecule has 0 atom stereocenters. The Morgan fingerprint density at radius 1 is 1.04 bits per heavy atom. The summed E-state index contributed by atoms with van der Waals surface area (Å²) >= 11 is 6.22. The van der Waals surface area contributed by atoms with Gasteiger partial charge in [-0.15, -0.1) is 0 Å². The molecule has 0 spiro atoms. The summed E-state index contributed by atoms with van der Waals surface area (Å²) in [5, 5.41) is 2.36. The van der Waals surface area contributed by atoms with E-state index < -0.39 is 0 Å². The molecule has 2 aromatic rings. The lowest BCUT2D eigenvalue weighted by Gasteiger charge is -2.38. The van der Waals surface area contributed by atoms with Gasteiger partial charge in [-0.3, -0.25) is 15.2 Å². The highest BCUT2D eigenvalue weighted by molar-refractivity contribution is 6.31. The highest BCUT2D eigenvalue weighted by Gasteiger charge is 2.27. The highest BCUT2D eigenvalue weighted by Crippen LogP contribution is 2.33. The number of benzene rings is 2. The van der Waals surface area contributed by atoms with Crippen molar-refractivity contribution in [3.8, 4) is 0 Å². The maximum atomic E-state index is 12.8. The number of hydrazine groups is 1. The first-order chi connectivity index (χ1) is 11.5. The van der Waals surface area contributed by atoms with Crippen molar-refractivity contribution in [1.29, 1.82) is 0 Å². The third kappa shape index (κ3) is 4.45. The van der Waals surface area contributed by atoms with Gasteiger partial charge >= 0.3 is 0 Å². The van der Waals surface area contributed by atoms with E-state index in [1.54, 1.807) is 11.1 Å². The van der Waals surface area contributed by atoms with Gasteiger partial charge in [0.25, 0.3) is 5.91 Å². The van der Waals surface area contributed by atoms with E-state index in [-0.39, 0.29) is 11.4 Å². The minimum absolute atomic E-state index is 0.182. The Morgan fingerprint density at radius 3 is 2.12 bits per heavy atom. The topological polar surface area (TPSA) is 58.4 Å². The zero-order chi connectivity index (χ0) is 18.9. The maximum absolute atomic E-state index is 12.8. The number of hydrogen-bond donors (Lipinski definition) is 2. The third-order valence-corrected chi connectivity index (χ3v) is 4.16. The van der Waals surface area contributed by atoms with Crippen LogP contribution in [0.1, 0.15) is 47.8 Å². The molecule has 0 aromatic heterocycles. The molecule has 0 heterocycles. The number of carbonyl (C=O) groups excluding carboxylic acids is 1. The van der Waals surface area contributed by atoms with Gasteiger partial charge in [-0.05, 0) is 71.4 Å². The summed E-state index contributed by atoms with van der Waals surface area (Å²) < 4.78 is 0. The van der Waals surface area contributed by atoms with Crippen LogP contribution in [0.15, 0.2) is 30.3 Å². The molecule has 1 amide bonds. The number of carbonyl (C=O) groups is 1. The van der Waals surface area contributed by atoms with Crippen LogP contribution in [0.5, 0.6) is 0 Å². The highest BCUT2D eigenvalue weighted by atomic mass is 35.5. The van der Waals surface area contributed by atoms with Crippen LogP contribution < -0.4 is 16.2 Å². The van der Waals surface area contributed by atoms with Crippen LogP contribution in [-0.4, -0.2) is 11.4 Å². The van der Waals surface area contributed by atoms with Gasteiger partial charge in [0, 0.05) is 10.6 Å². The SMILES string of the molecule is Cc1cc(C)cc(C(=O)NN(c2cc(Cl)cc(C)c2N)C(C)(C)C)c1. The lowest BCUT2D eigenvalue weighted by molar-refractivity contribution is 0.0938. The Morgan fingerprint density at radius 2 is 1.60 bits per heavy atom. The van der Waals surface area contributed by atoms with Crippen LogP contribution in [-0.2, 0) is 0 Å². The fourth-order valence-corrected chi connectivity index (χ4v) is 3.05. The first kappa shape index (κ1) is 19.1. The minimum atomic E-state index is -0.389. The lowest BCUT2D eigenvalue weighted by Crippen LogP contribution is -2.53. The van der Waals surface area contributed by atoms with Crippen LogP contribution in [0.4, 0.5) is 11.4 Å². The summed E-state index contributed by atoms with van der Waals surface area (Å²) in [5.74, 6) is -0.182. The van der Waals surface area contributed by atoms with E-state index in [4.69, 9.17) is 17.3 Å². The van der Waals surface area contributed by atoms with Gasteiger partial charge in [-0.2, -0.15) is 0 Å². The zero-order valence-corrected chi connectivity index (χ0v) is 16.5. The minimum Gasteiger partial charge on any atom is -0.397 e. The number of amides is 1. The van der Waals surface area contributed by atoms with Crippen molar-refractivity contribution in [2.75, 3.05) is 10.7 Å². The second kappa shape index (κ2) is 6.96. The first-order valence-electron chi connectivity index (χ1n) is 8.24. The zero-order valence-electron chi connectivity index (χ0n) is 15.7. The fourth-order valence-electron chi connectivity index (χ4n) is 2.78. The van der Waals surface area contributed by atoms with Gasteiger partial charge in [-0.25, -0.2) is 0 Å². The molecular weight excluding hydrogens is 334 g/mol. The van der Waals surface area contributed by atoms with Crippen molar-refractivity contribution >= 4 is 28.9 Å². The monoisotopic (exact) mass is 359 g/mol. The number of anilines is 2. The number of nitrogens with one attached hydrogen (secondary N) is 1. The van der Waals surface area contributed by atoms with E-state index in [9.17, 15) is 4.79 Å². The van der Waals surface area contributed by atoms with Gasteiger partial charge in [0.2, 0.25) is 0 Å². The van der Waals surface area contributed by atoms with Crippen LogP contribution in [0.2, 0.25) is 5.02 Å². The smallest absolute Gasteiger partial charge is 0.269 e. The average molecular weight is 360 g/mol. The van der Waals surface area contributed by atoms with Gasteiger partial charge in [0.05, 0.1) is 16.9 Å². The maximum Gasteiger partial charge on any atom is 0.269 e. The molecular formula is C20H26ClN3O. The van der Waals surface area contributed by atoms with E-state index in [1.165, 1.54) is 0 Å². The summed E-state index contributed by atoms with van der Waals surface area (Å²) in [7, 11) is 0. The van der Waals surface area contributed by atoms with Crippen LogP contribution in [0.3, 0.4) is 0 Å². The van der Waals surface area contributed by atoms with Crippen molar-refractivity contribution in [2.45, 2.75) is 47.1 Å². The molecule has 2 aromatic carbocycles. The van der Waals surface area contributed by atoms with E-state index in [1.807, 2.05) is 65.8 Å². The van der Waals surface area contributed by atoms with Crippen LogP contribution in [0.25, 0.3) is 0 Å². The number of nitrogen functional groups attached to an aromatic ring is 1. The lowest BCUT2D eigenvalue weighted by atomic mass is 10.0. The Labute approximate surface area is 154 Å². The molecule has 5 heteroatoms. The predicted octanol–water partition coefficient (Wildman–Crippen LogP) is 4.80. The summed E-state index contributed by atoms with van der Waals surface area (Å²) in [6.07, 6.45) is 0. The van der Waals surface area contributed by atoms with Crippen molar-refractivity contribution in [3.05, 3.63) is 57.6 Å². The van der Waals surface area contributed by atoms with Gasteiger partial charge in [0.1, 0.15) is 0 Å². The summed E-state index contributed by atoms with van der Waals surface area (Å²) in [4.78, 5) is 12.8.